The maximum Gasteiger partial charge on any atom is 0.245 e. The van der Waals surface area contributed by atoms with Gasteiger partial charge in [-0.15, -0.1) is 0 Å². The Bertz CT molecular complexity index is 700. The molecule has 5 nitrogen and oxygen atoms in total. The minimum absolute atomic E-state index is 0.118. The summed E-state index contributed by atoms with van der Waals surface area (Å²) in [6.07, 6.45) is 2.75. The minimum atomic E-state index is -3.63. The normalized spacial score (nSPS) is 12.0. The van der Waals surface area contributed by atoms with Crippen molar-refractivity contribution in [3.8, 4) is 0 Å². The number of sulfonamides is 1. The second-order valence-electron chi connectivity index (χ2n) is 5.08. The summed E-state index contributed by atoms with van der Waals surface area (Å²) >= 11 is 0. The summed E-state index contributed by atoms with van der Waals surface area (Å²) in [5.74, 6) is 0. The van der Waals surface area contributed by atoms with Crippen LogP contribution < -0.4 is 5.73 Å². The van der Waals surface area contributed by atoms with E-state index in [9.17, 15) is 8.42 Å². The van der Waals surface area contributed by atoms with Gasteiger partial charge < -0.3 is 5.73 Å². The van der Waals surface area contributed by atoms with Crippen molar-refractivity contribution in [3.05, 3.63) is 54.4 Å². The zero-order valence-electron chi connectivity index (χ0n) is 12.1. The first-order valence-corrected chi connectivity index (χ1v) is 8.11. The first-order valence-electron chi connectivity index (χ1n) is 6.67. The largest absolute Gasteiger partial charge is 0.397 e. The fraction of sp³-hybridized carbons (Fsp3) is 0.267. The average molecular weight is 305 g/mol. The Balaban J connectivity index is 2.37. The molecule has 2 rings (SSSR count). The molecule has 2 aromatic rings. The van der Waals surface area contributed by atoms with Crippen molar-refractivity contribution >= 4 is 15.7 Å². The van der Waals surface area contributed by atoms with Crippen molar-refractivity contribution in [2.75, 3.05) is 5.73 Å². The van der Waals surface area contributed by atoms with E-state index in [1.165, 1.54) is 22.8 Å². The first kappa shape index (κ1) is 15.5. The molecular formula is C15H19N3O2S. The summed E-state index contributed by atoms with van der Waals surface area (Å²) in [6.45, 7) is 4.01. The molecule has 0 aliphatic rings. The van der Waals surface area contributed by atoms with Crippen LogP contribution in [0.25, 0.3) is 0 Å². The molecule has 1 heterocycles. The summed E-state index contributed by atoms with van der Waals surface area (Å²) in [5.41, 5.74) is 6.91. The van der Waals surface area contributed by atoms with E-state index in [0.717, 1.165) is 5.56 Å². The number of nitrogens with zero attached hydrogens (tertiary/aromatic N) is 2. The zero-order valence-corrected chi connectivity index (χ0v) is 12.9. The molecule has 0 aliphatic carbocycles. The summed E-state index contributed by atoms with van der Waals surface area (Å²) in [4.78, 5) is 3.99. The fourth-order valence-electron chi connectivity index (χ4n) is 2.02. The lowest BCUT2D eigenvalue weighted by molar-refractivity contribution is 0.348. The van der Waals surface area contributed by atoms with E-state index in [0.29, 0.717) is 12.2 Å². The van der Waals surface area contributed by atoms with E-state index in [2.05, 4.69) is 4.98 Å². The van der Waals surface area contributed by atoms with Crippen LogP contribution in [-0.2, 0) is 16.6 Å². The Morgan fingerprint density at radius 2 is 1.86 bits per heavy atom. The average Bonchev–Trinajstić information content (AvgIpc) is 2.45. The fourth-order valence-corrected chi connectivity index (χ4v) is 3.64. The molecule has 1 aromatic heterocycles. The van der Waals surface area contributed by atoms with Crippen LogP contribution in [0.5, 0.6) is 0 Å². The number of rotatable bonds is 5. The van der Waals surface area contributed by atoms with E-state index < -0.39 is 10.0 Å². The van der Waals surface area contributed by atoms with Gasteiger partial charge in [-0.05, 0) is 25.5 Å². The van der Waals surface area contributed by atoms with Gasteiger partial charge in [0.2, 0.25) is 10.0 Å². The number of hydrogen-bond donors (Lipinski definition) is 1. The summed E-state index contributed by atoms with van der Waals surface area (Å²) in [7, 11) is -3.63. The van der Waals surface area contributed by atoms with Crippen LogP contribution >= 0.6 is 0 Å². The number of anilines is 1. The Morgan fingerprint density at radius 3 is 2.43 bits per heavy atom. The number of pyridine rings is 1. The molecule has 0 spiro atoms. The quantitative estimate of drug-likeness (QED) is 0.919. The Labute approximate surface area is 125 Å². The van der Waals surface area contributed by atoms with Gasteiger partial charge in [-0.2, -0.15) is 4.31 Å². The van der Waals surface area contributed by atoms with Crippen LogP contribution in [-0.4, -0.2) is 23.7 Å². The lowest BCUT2D eigenvalue weighted by Crippen LogP contribution is -2.36. The number of nitrogens with two attached hydrogens (primary N) is 1. The third-order valence-electron chi connectivity index (χ3n) is 3.10. The second kappa shape index (κ2) is 6.24. The van der Waals surface area contributed by atoms with Crippen LogP contribution in [0.1, 0.15) is 19.4 Å². The highest BCUT2D eigenvalue weighted by Crippen LogP contribution is 2.21. The molecule has 112 valence electrons. The van der Waals surface area contributed by atoms with Gasteiger partial charge in [0.1, 0.15) is 4.90 Å². The Kier molecular flexibility index (Phi) is 4.59. The molecule has 0 saturated carbocycles. The standard InChI is InChI=1S/C15H19N3O2S/c1-12(2)18(11-13-6-4-3-5-7-13)21(19,20)15-8-14(16)9-17-10-15/h3-10,12H,11,16H2,1-2H3. The van der Waals surface area contributed by atoms with E-state index in [1.54, 1.807) is 0 Å². The topological polar surface area (TPSA) is 76.3 Å². The number of benzene rings is 1. The minimum Gasteiger partial charge on any atom is -0.397 e. The Hall–Kier alpha value is -1.92. The van der Waals surface area contributed by atoms with Crippen LogP contribution in [0, 0.1) is 0 Å². The van der Waals surface area contributed by atoms with Gasteiger partial charge in [-0.25, -0.2) is 8.42 Å². The monoisotopic (exact) mass is 305 g/mol. The molecule has 0 saturated heterocycles. The highest BCUT2D eigenvalue weighted by Gasteiger charge is 2.27. The van der Waals surface area contributed by atoms with Gasteiger partial charge in [0, 0.05) is 25.0 Å². The van der Waals surface area contributed by atoms with E-state index >= 15 is 0 Å². The lowest BCUT2D eigenvalue weighted by Gasteiger charge is -2.26. The van der Waals surface area contributed by atoms with E-state index in [-0.39, 0.29) is 10.9 Å². The number of nitrogen functional groups attached to an aromatic ring is 1. The molecule has 0 amide bonds. The molecule has 0 atom stereocenters. The van der Waals surface area contributed by atoms with E-state index in [1.807, 2.05) is 44.2 Å². The second-order valence-corrected chi connectivity index (χ2v) is 6.97. The molecule has 21 heavy (non-hydrogen) atoms. The van der Waals surface area contributed by atoms with Gasteiger partial charge in [0.15, 0.2) is 0 Å². The van der Waals surface area contributed by atoms with Crippen molar-refractivity contribution < 1.29 is 8.42 Å². The first-order chi connectivity index (χ1) is 9.91. The zero-order chi connectivity index (χ0) is 15.5. The van der Waals surface area contributed by atoms with Crippen LogP contribution in [0.3, 0.4) is 0 Å². The lowest BCUT2D eigenvalue weighted by atomic mass is 10.2. The smallest absolute Gasteiger partial charge is 0.245 e. The van der Waals surface area contributed by atoms with Crippen LogP contribution in [0.15, 0.2) is 53.7 Å². The van der Waals surface area contributed by atoms with Gasteiger partial charge in [-0.1, -0.05) is 30.3 Å². The number of hydrogen-bond acceptors (Lipinski definition) is 4. The van der Waals surface area contributed by atoms with Gasteiger partial charge in [0.05, 0.1) is 5.69 Å². The third kappa shape index (κ3) is 3.59. The molecule has 1 aromatic carbocycles. The molecule has 0 radical (unpaired) electrons. The maximum atomic E-state index is 12.8. The Morgan fingerprint density at radius 1 is 1.19 bits per heavy atom. The maximum absolute atomic E-state index is 12.8. The summed E-state index contributed by atoms with van der Waals surface area (Å²) in [5, 5.41) is 0. The SMILES string of the molecule is CC(C)N(Cc1ccccc1)S(=O)(=O)c1cncc(N)c1. The van der Waals surface area contributed by atoms with Crippen molar-refractivity contribution in [2.45, 2.75) is 31.3 Å². The van der Waals surface area contributed by atoms with Gasteiger partial charge >= 0.3 is 0 Å². The molecule has 0 bridgehead atoms. The highest BCUT2D eigenvalue weighted by atomic mass is 32.2. The predicted molar refractivity (Wildman–Crippen MR) is 83.0 cm³/mol. The van der Waals surface area contributed by atoms with Crippen molar-refractivity contribution in [1.82, 2.24) is 9.29 Å². The summed E-state index contributed by atoms with van der Waals surface area (Å²) in [6, 6.07) is 10.8. The van der Waals surface area contributed by atoms with Crippen LogP contribution in [0.4, 0.5) is 5.69 Å². The molecule has 0 aliphatic heterocycles. The molecule has 2 N–H and O–H groups in total. The molecular weight excluding hydrogens is 286 g/mol. The van der Waals surface area contributed by atoms with Gasteiger partial charge in [-0.3, -0.25) is 4.98 Å². The third-order valence-corrected chi connectivity index (χ3v) is 5.09. The molecule has 0 unspecified atom stereocenters. The van der Waals surface area contributed by atoms with Gasteiger partial charge in [0.25, 0.3) is 0 Å². The highest BCUT2D eigenvalue weighted by molar-refractivity contribution is 7.89. The molecule has 6 heteroatoms. The summed E-state index contributed by atoms with van der Waals surface area (Å²) < 4.78 is 27.0. The predicted octanol–water partition coefficient (Wildman–Crippen LogP) is 2.26. The van der Waals surface area contributed by atoms with Crippen molar-refractivity contribution in [1.29, 1.82) is 0 Å². The number of aromatic nitrogens is 1. The van der Waals surface area contributed by atoms with Crippen molar-refractivity contribution in [3.63, 3.8) is 0 Å². The van der Waals surface area contributed by atoms with E-state index in [4.69, 9.17) is 5.73 Å². The molecule has 0 fully saturated rings. The van der Waals surface area contributed by atoms with Crippen LogP contribution in [0.2, 0.25) is 0 Å². The van der Waals surface area contributed by atoms with Crippen molar-refractivity contribution in [2.24, 2.45) is 0 Å².